The van der Waals surface area contributed by atoms with Crippen molar-refractivity contribution < 1.29 is 8.42 Å². The van der Waals surface area contributed by atoms with Gasteiger partial charge in [0.1, 0.15) is 5.82 Å². The van der Waals surface area contributed by atoms with Gasteiger partial charge in [0.05, 0.1) is 6.20 Å². The summed E-state index contributed by atoms with van der Waals surface area (Å²) in [5, 5.41) is 0.152. The zero-order valence-electron chi connectivity index (χ0n) is 11.7. The first kappa shape index (κ1) is 14.7. The van der Waals surface area contributed by atoms with Crippen molar-refractivity contribution in [3.8, 4) is 0 Å². The standard InChI is InChI=1S/C14H19N3O2S/c1-3-9-17(11-13-7-5-4-6-8-13)20(18,19)14-10-15-12(2)16-14/h4-8,10H,3,9,11H2,1-2H3,(H,15,16). The number of rotatable bonds is 6. The molecule has 1 heterocycles. The summed E-state index contributed by atoms with van der Waals surface area (Å²) in [6.45, 7) is 4.55. The van der Waals surface area contributed by atoms with E-state index in [0.717, 1.165) is 12.0 Å². The first-order chi connectivity index (χ1) is 9.54. The molecule has 0 aliphatic carbocycles. The first-order valence-electron chi connectivity index (χ1n) is 6.59. The fraction of sp³-hybridized carbons (Fsp3) is 0.357. The van der Waals surface area contributed by atoms with Crippen molar-refractivity contribution in [2.45, 2.75) is 31.8 Å². The van der Waals surface area contributed by atoms with Crippen LogP contribution in [0, 0.1) is 6.92 Å². The van der Waals surface area contributed by atoms with E-state index in [1.807, 2.05) is 37.3 Å². The van der Waals surface area contributed by atoms with Gasteiger partial charge in [0, 0.05) is 13.1 Å². The minimum absolute atomic E-state index is 0.152. The minimum atomic E-state index is -3.53. The second-order valence-electron chi connectivity index (χ2n) is 4.66. The molecule has 0 saturated heterocycles. The topological polar surface area (TPSA) is 66.1 Å². The number of sulfonamides is 1. The van der Waals surface area contributed by atoms with E-state index in [-0.39, 0.29) is 5.03 Å². The van der Waals surface area contributed by atoms with Gasteiger partial charge in [-0.1, -0.05) is 37.3 Å². The molecule has 0 atom stereocenters. The largest absolute Gasteiger partial charge is 0.332 e. The Morgan fingerprint density at radius 3 is 2.50 bits per heavy atom. The van der Waals surface area contributed by atoms with E-state index in [0.29, 0.717) is 18.9 Å². The number of hydrogen-bond donors (Lipinski definition) is 1. The van der Waals surface area contributed by atoms with Gasteiger partial charge in [-0.25, -0.2) is 13.4 Å². The van der Waals surface area contributed by atoms with Crippen molar-refractivity contribution in [3.63, 3.8) is 0 Å². The Morgan fingerprint density at radius 2 is 1.95 bits per heavy atom. The highest BCUT2D eigenvalue weighted by molar-refractivity contribution is 7.89. The normalized spacial score (nSPS) is 11.9. The van der Waals surface area contributed by atoms with Crippen LogP contribution in [0.3, 0.4) is 0 Å². The lowest BCUT2D eigenvalue weighted by Gasteiger charge is -2.20. The molecule has 20 heavy (non-hydrogen) atoms. The van der Waals surface area contributed by atoms with Crippen LogP contribution in [0.2, 0.25) is 0 Å². The summed E-state index contributed by atoms with van der Waals surface area (Å²) in [7, 11) is -3.53. The first-order valence-corrected chi connectivity index (χ1v) is 8.03. The third kappa shape index (κ3) is 3.26. The van der Waals surface area contributed by atoms with E-state index >= 15 is 0 Å². The van der Waals surface area contributed by atoms with Gasteiger partial charge in [-0.05, 0) is 18.9 Å². The molecule has 0 saturated carbocycles. The average Bonchev–Trinajstić information content (AvgIpc) is 2.87. The number of nitrogens with one attached hydrogen (secondary N) is 1. The van der Waals surface area contributed by atoms with Gasteiger partial charge in [0.25, 0.3) is 10.0 Å². The van der Waals surface area contributed by atoms with Crippen LogP contribution < -0.4 is 0 Å². The zero-order valence-corrected chi connectivity index (χ0v) is 12.5. The molecule has 1 aromatic carbocycles. The fourth-order valence-corrected chi connectivity index (χ4v) is 3.47. The fourth-order valence-electron chi connectivity index (χ4n) is 1.99. The van der Waals surface area contributed by atoms with Crippen molar-refractivity contribution in [1.82, 2.24) is 14.3 Å². The molecule has 0 bridgehead atoms. The Balaban J connectivity index is 2.28. The molecule has 6 heteroatoms. The summed E-state index contributed by atoms with van der Waals surface area (Å²) in [5.74, 6) is 0.597. The summed E-state index contributed by atoms with van der Waals surface area (Å²) in [6, 6.07) is 9.59. The lowest BCUT2D eigenvalue weighted by atomic mass is 10.2. The number of aromatic nitrogens is 2. The highest BCUT2D eigenvalue weighted by Crippen LogP contribution is 2.17. The van der Waals surface area contributed by atoms with Gasteiger partial charge in [0.15, 0.2) is 5.03 Å². The number of benzene rings is 1. The summed E-state index contributed by atoms with van der Waals surface area (Å²) in [5.41, 5.74) is 0.973. The molecule has 108 valence electrons. The Labute approximate surface area is 119 Å². The number of aryl methyl sites for hydroxylation is 1. The van der Waals surface area contributed by atoms with E-state index in [9.17, 15) is 8.42 Å². The zero-order chi connectivity index (χ0) is 14.6. The smallest absolute Gasteiger partial charge is 0.260 e. The van der Waals surface area contributed by atoms with Crippen LogP contribution in [0.5, 0.6) is 0 Å². The maximum absolute atomic E-state index is 12.6. The van der Waals surface area contributed by atoms with Crippen LogP contribution in [-0.4, -0.2) is 29.2 Å². The van der Waals surface area contributed by atoms with E-state index in [1.54, 1.807) is 6.92 Å². The number of imidazole rings is 1. The summed E-state index contributed by atoms with van der Waals surface area (Å²) >= 11 is 0. The van der Waals surface area contributed by atoms with E-state index in [4.69, 9.17) is 0 Å². The molecule has 0 spiro atoms. The predicted octanol–water partition coefficient (Wildman–Crippen LogP) is 2.32. The number of aromatic amines is 1. The minimum Gasteiger partial charge on any atom is -0.332 e. The molecule has 0 aliphatic rings. The van der Waals surface area contributed by atoms with Gasteiger partial charge in [-0.3, -0.25) is 0 Å². The molecule has 0 aliphatic heterocycles. The molecule has 2 rings (SSSR count). The summed E-state index contributed by atoms with van der Waals surface area (Å²) < 4.78 is 26.7. The maximum Gasteiger partial charge on any atom is 0.260 e. The third-order valence-corrected chi connectivity index (χ3v) is 4.73. The Bertz CT molecular complexity index is 650. The quantitative estimate of drug-likeness (QED) is 0.889. The van der Waals surface area contributed by atoms with Crippen molar-refractivity contribution in [1.29, 1.82) is 0 Å². The third-order valence-electron chi connectivity index (χ3n) is 2.97. The lowest BCUT2D eigenvalue weighted by Crippen LogP contribution is -2.31. The number of hydrogen-bond acceptors (Lipinski definition) is 3. The van der Waals surface area contributed by atoms with Gasteiger partial charge in [0.2, 0.25) is 0 Å². The van der Waals surface area contributed by atoms with Gasteiger partial charge in [-0.15, -0.1) is 0 Å². The van der Waals surface area contributed by atoms with Crippen LogP contribution in [0.4, 0.5) is 0 Å². The van der Waals surface area contributed by atoms with Crippen LogP contribution in [0.25, 0.3) is 0 Å². The van der Waals surface area contributed by atoms with E-state index < -0.39 is 10.0 Å². The average molecular weight is 293 g/mol. The predicted molar refractivity (Wildman–Crippen MR) is 77.7 cm³/mol. The Hall–Kier alpha value is -1.66. The van der Waals surface area contributed by atoms with Crippen LogP contribution in [-0.2, 0) is 16.6 Å². The van der Waals surface area contributed by atoms with Crippen LogP contribution >= 0.6 is 0 Å². The second kappa shape index (κ2) is 6.19. The van der Waals surface area contributed by atoms with Crippen LogP contribution in [0.15, 0.2) is 41.6 Å². The molecule has 0 amide bonds. The Kier molecular flexibility index (Phi) is 4.57. The monoisotopic (exact) mass is 293 g/mol. The molecule has 0 unspecified atom stereocenters. The second-order valence-corrected chi connectivity index (χ2v) is 6.56. The van der Waals surface area contributed by atoms with Gasteiger partial charge in [-0.2, -0.15) is 4.31 Å². The molecular formula is C14H19N3O2S. The highest BCUT2D eigenvalue weighted by Gasteiger charge is 2.25. The molecule has 1 aromatic heterocycles. The van der Waals surface area contributed by atoms with Gasteiger partial charge < -0.3 is 4.98 Å². The Morgan fingerprint density at radius 1 is 1.25 bits per heavy atom. The molecule has 0 fully saturated rings. The molecular weight excluding hydrogens is 274 g/mol. The van der Waals surface area contributed by atoms with Crippen molar-refractivity contribution in [2.75, 3.05) is 6.54 Å². The van der Waals surface area contributed by atoms with Crippen molar-refractivity contribution in [2.24, 2.45) is 0 Å². The summed E-state index contributed by atoms with van der Waals surface area (Å²) in [4.78, 5) is 6.77. The van der Waals surface area contributed by atoms with Crippen molar-refractivity contribution in [3.05, 3.63) is 47.9 Å². The maximum atomic E-state index is 12.6. The SMILES string of the molecule is CCCN(Cc1ccccc1)S(=O)(=O)c1cnc(C)[nH]1. The molecule has 5 nitrogen and oxygen atoms in total. The van der Waals surface area contributed by atoms with Crippen LogP contribution in [0.1, 0.15) is 24.7 Å². The summed E-state index contributed by atoms with van der Waals surface area (Å²) in [6.07, 6.45) is 2.14. The number of nitrogens with zero attached hydrogens (tertiary/aromatic N) is 2. The lowest BCUT2D eigenvalue weighted by molar-refractivity contribution is 0.404. The number of H-pyrrole nitrogens is 1. The highest BCUT2D eigenvalue weighted by atomic mass is 32.2. The van der Waals surface area contributed by atoms with Gasteiger partial charge >= 0.3 is 0 Å². The molecule has 1 N–H and O–H groups in total. The van der Waals surface area contributed by atoms with E-state index in [1.165, 1.54) is 10.5 Å². The molecule has 2 aromatic rings. The molecule has 0 radical (unpaired) electrons. The van der Waals surface area contributed by atoms with E-state index in [2.05, 4.69) is 9.97 Å². The van der Waals surface area contributed by atoms with Crippen molar-refractivity contribution >= 4 is 10.0 Å².